The third kappa shape index (κ3) is 4.59. The molecular weight excluding hydrogens is 372 g/mol. The first-order valence-electron chi connectivity index (χ1n) is 7.92. The third-order valence-corrected chi connectivity index (χ3v) is 4.82. The number of amidine groups is 1. The van der Waals surface area contributed by atoms with E-state index in [0.717, 1.165) is 28.6 Å². The van der Waals surface area contributed by atoms with E-state index in [0.29, 0.717) is 28.9 Å². The molecule has 2 aromatic rings. The highest BCUT2D eigenvalue weighted by Gasteiger charge is 2.20. The van der Waals surface area contributed by atoms with Crippen molar-refractivity contribution in [2.75, 3.05) is 13.2 Å². The molecule has 1 aliphatic rings. The van der Waals surface area contributed by atoms with Crippen LogP contribution in [0.1, 0.15) is 11.1 Å². The van der Waals surface area contributed by atoms with Gasteiger partial charge in [0.2, 0.25) is 0 Å². The Morgan fingerprint density at radius 1 is 1.19 bits per heavy atom. The van der Waals surface area contributed by atoms with E-state index in [1.165, 1.54) is 0 Å². The van der Waals surface area contributed by atoms with E-state index >= 15 is 0 Å². The van der Waals surface area contributed by atoms with Crippen molar-refractivity contribution in [1.29, 1.82) is 0 Å². The molecule has 2 N–H and O–H groups in total. The number of carbonyl (C=O) groups excluding carboxylic acids is 1. The maximum Gasteiger partial charge on any atom is 0.286 e. The number of carbonyl (C=O) groups is 1. The Bertz CT molecular complexity index is 896. The van der Waals surface area contributed by atoms with E-state index in [4.69, 9.17) is 26.8 Å². The second-order valence-electron chi connectivity index (χ2n) is 5.51. The van der Waals surface area contributed by atoms with Crippen molar-refractivity contribution < 1.29 is 14.3 Å². The summed E-state index contributed by atoms with van der Waals surface area (Å²) in [5.41, 5.74) is 7.32. The molecule has 3 rings (SSSR count). The number of aliphatic imine (C=N–C) groups is 1. The largest absolute Gasteiger partial charge is 0.490 e. The molecule has 0 aliphatic carbocycles. The molecule has 0 unspecified atom stereocenters. The molecule has 1 heterocycles. The minimum atomic E-state index is -0.330. The zero-order chi connectivity index (χ0) is 18.5. The van der Waals surface area contributed by atoms with Gasteiger partial charge in [-0.3, -0.25) is 4.79 Å². The first-order chi connectivity index (χ1) is 12.5. The first kappa shape index (κ1) is 18.4. The predicted molar refractivity (Wildman–Crippen MR) is 106 cm³/mol. The van der Waals surface area contributed by atoms with Crippen LogP contribution in [0.15, 0.2) is 52.4 Å². The van der Waals surface area contributed by atoms with Crippen molar-refractivity contribution in [3.63, 3.8) is 0 Å². The quantitative estimate of drug-likeness (QED) is 0.597. The van der Waals surface area contributed by atoms with Gasteiger partial charge in [-0.1, -0.05) is 29.8 Å². The number of para-hydroxylation sites is 1. The Kier molecular flexibility index (Phi) is 5.85. The van der Waals surface area contributed by atoms with Gasteiger partial charge in [-0.25, -0.2) is 0 Å². The zero-order valence-electron chi connectivity index (χ0n) is 14.1. The van der Waals surface area contributed by atoms with E-state index in [-0.39, 0.29) is 11.1 Å². The summed E-state index contributed by atoms with van der Waals surface area (Å²) in [6.07, 6.45) is 1.73. The number of nitrogens with two attached hydrogens (primary N) is 1. The van der Waals surface area contributed by atoms with Gasteiger partial charge in [0, 0.05) is 10.6 Å². The molecule has 2 aromatic carbocycles. The van der Waals surface area contributed by atoms with Crippen LogP contribution in [0.4, 0.5) is 0 Å². The van der Waals surface area contributed by atoms with Crippen LogP contribution in [0.2, 0.25) is 5.02 Å². The second kappa shape index (κ2) is 8.29. The van der Waals surface area contributed by atoms with Crippen molar-refractivity contribution >= 4 is 40.5 Å². The van der Waals surface area contributed by atoms with Gasteiger partial charge in [-0.05, 0) is 54.6 Å². The summed E-state index contributed by atoms with van der Waals surface area (Å²) >= 11 is 7.15. The molecule has 0 fully saturated rings. The van der Waals surface area contributed by atoms with Gasteiger partial charge in [0.25, 0.3) is 5.91 Å². The topological polar surface area (TPSA) is 73.9 Å². The van der Waals surface area contributed by atoms with Crippen molar-refractivity contribution in [2.45, 2.75) is 6.92 Å². The Balaban J connectivity index is 1.59. The Labute approximate surface area is 160 Å². The Morgan fingerprint density at radius 2 is 1.96 bits per heavy atom. The number of benzene rings is 2. The van der Waals surface area contributed by atoms with Crippen LogP contribution >= 0.6 is 23.4 Å². The molecule has 0 radical (unpaired) electrons. The molecule has 0 atom stereocenters. The summed E-state index contributed by atoms with van der Waals surface area (Å²) < 4.78 is 11.5. The molecule has 1 amide bonds. The van der Waals surface area contributed by atoms with Crippen LogP contribution in [-0.4, -0.2) is 24.3 Å². The van der Waals surface area contributed by atoms with Crippen LogP contribution in [0.25, 0.3) is 6.08 Å². The summed E-state index contributed by atoms with van der Waals surface area (Å²) in [6, 6.07) is 13.0. The van der Waals surface area contributed by atoms with Gasteiger partial charge in [0.05, 0.1) is 4.91 Å². The molecule has 0 saturated carbocycles. The first-order valence-corrected chi connectivity index (χ1v) is 9.11. The van der Waals surface area contributed by atoms with E-state index < -0.39 is 0 Å². The summed E-state index contributed by atoms with van der Waals surface area (Å²) in [4.78, 5) is 15.9. The molecule has 0 bridgehead atoms. The molecule has 0 aromatic heterocycles. The van der Waals surface area contributed by atoms with Gasteiger partial charge < -0.3 is 15.2 Å². The average Bonchev–Trinajstić information content (AvgIpc) is 2.93. The number of rotatable bonds is 6. The van der Waals surface area contributed by atoms with Gasteiger partial charge in [-0.2, -0.15) is 4.99 Å². The number of amides is 1. The monoisotopic (exact) mass is 388 g/mol. The zero-order valence-corrected chi connectivity index (χ0v) is 15.6. The van der Waals surface area contributed by atoms with Gasteiger partial charge in [0.1, 0.15) is 24.7 Å². The smallest absolute Gasteiger partial charge is 0.286 e. The fraction of sp³-hybridized carbons (Fsp3) is 0.158. The summed E-state index contributed by atoms with van der Waals surface area (Å²) in [5.74, 6) is 1.07. The summed E-state index contributed by atoms with van der Waals surface area (Å²) in [7, 11) is 0. The molecule has 7 heteroatoms. The third-order valence-electron chi connectivity index (χ3n) is 3.58. The number of hydrogen-bond acceptors (Lipinski definition) is 5. The molecule has 26 heavy (non-hydrogen) atoms. The summed E-state index contributed by atoms with van der Waals surface area (Å²) in [6.45, 7) is 2.67. The summed E-state index contributed by atoms with van der Waals surface area (Å²) in [5, 5.41) is 0.964. The molecule has 5 nitrogen and oxygen atoms in total. The molecular formula is C19H17ClN2O3S. The van der Waals surface area contributed by atoms with Crippen molar-refractivity contribution in [3.8, 4) is 11.5 Å². The Hall–Kier alpha value is -2.44. The highest BCUT2D eigenvalue weighted by Crippen LogP contribution is 2.29. The Morgan fingerprint density at radius 3 is 2.69 bits per heavy atom. The normalized spacial score (nSPS) is 15.2. The average molecular weight is 389 g/mol. The number of hydrogen-bond donors (Lipinski definition) is 1. The number of halogens is 1. The maximum absolute atomic E-state index is 11.7. The van der Waals surface area contributed by atoms with Crippen molar-refractivity contribution in [2.24, 2.45) is 10.7 Å². The SMILES string of the molecule is Cc1cc(OCCOc2ccccc2/C=C2\SC(N)=NC2=O)ccc1Cl. The molecule has 134 valence electrons. The second-order valence-corrected chi connectivity index (χ2v) is 6.98. The number of nitrogens with zero attached hydrogens (tertiary/aromatic N) is 1. The van der Waals surface area contributed by atoms with Crippen molar-refractivity contribution in [3.05, 3.63) is 63.5 Å². The van der Waals surface area contributed by atoms with Crippen LogP contribution in [-0.2, 0) is 4.79 Å². The minimum absolute atomic E-state index is 0.256. The number of aryl methyl sites for hydroxylation is 1. The number of thioether (sulfide) groups is 1. The van der Waals surface area contributed by atoms with Crippen LogP contribution in [0, 0.1) is 6.92 Å². The van der Waals surface area contributed by atoms with E-state index in [9.17, 15) is 4.79 Å². The maximum atomic E-state index is 11.7. The lowest BCUT2D eigenvalue weighted by Crippen LogP contribution is -2.09. The molecule has 1 aliphatic heterocycles. The molecule has 0 spiro atoms. The predicted octanol–water partition coefficient (Wildman–Crippen LogP) is 4.04. The van der Waals surface area contributed by atoms with Crippen molar-refractivity contribution in [1.82, 2.24) is 0 Å². The number of ether oxygens (including phenoxy) is 2. The highest BCUT2D eigenvalue weighted by atomic mass is 35.5. The highest BCUT2D eigenvalue weighted by molar-refractivity contribution is 8.18. The van der Waals surface area contributed by atoms with Crippen LogP contribution in [0.3, 0.4) is 0 Å². The van der Waals surface area contributed by atoms with Gasteiger partial charge >= 0.3 is 0 Å². The van der Waals surface area contributed by atoms with E-state index in [1.54, 1.807) is 12.1 Å². The van der Waals surface area contributed by atoms with Gasteiger partial charge in [0.15, 0.2) is 5.17 Å². The minimum Gasteiger partial charge on any atom is -0.490 e. The lowest BCUT2D eigenvalue weighted by Gasteiger charge is -2.11. The van der Waals surface area contributed by atoms with Crippen LogP contribution < -0.4 is 15.2 Å². The fourth-order valence-electron chi connectivity index (χ4n) is 2.32. The fourth-order valence-corrected chi connectivity index (χ4v) is 3.11. The standard InChI is InChI=1S/C19H17ClN2O3S/c1-12-10-14(6-7-15(12)20)24-8-9-25-16-5-3-2-4-13(16)11-17-18(23)22-19(21)26-17/h2-7,10-11H,8-9H2,1H3,(H2,21,22,23)/b17-11-. The lowest BCUT2D eigenvalue weighted by molar-refractivity contribution is -0.113. The lowest BCUT2D eigenvalue weighted by atomic mass is 10.2. The van der Waals surface area contributed by atoms with Gasteiger partial charge in [-0.15, -0.1) is 0 Å². The molecule has 0 saturated heterocycles. The van der Waals surface area contributed by atoms with Crippen LogP contribution in [0.5, 0.6) is 11.5 Å². The van der Waals surface area contributed by atoms with E-state index in [1.807, 2.05) is 43.3 Å². The van der Waals surface area contributed by atoms with E-state index in [2.05, 4.69) is 4.99 Å².